The second kappa shape index (κ2) is 4.91. The van der Waals surface area contributed by atoms with Crippen molar-refractivity contribution in [2.24, 2.45) is 0 Å². The molecule has 0 unspecified atom stereocenters. The highest BCUT2D eigenvalue weighted by atomic mass is 35.5. The van der Waals surface area contributed by atoms with E-state index in [0.29, 0.717) is 11.6 Å². The Hall–Kier alpha value is -1.87. The van der Waals surface area contributed by atoms with Gasteiger partial charge in [-0.15, -0.1) is 0 Å². The molecule has 0 saturated heterocycles. The second-order valence-electron chi connectivity index (χ2n) is 5.01. The average molecular weight is 289 g/mol. The van der Waals surface area contributed by atoms with Crippen molar-refractivity contribution in [2.75, 3.05) is 0 Å². The third-order valence-electron chi connectivity index (χ3n) is 3.43. The zero-order chi connectivity index (χ0) is 14.3. The van der Waals surface area contributed by atoms with Crippen molar-refractivity contribution < 1.29 is 4.39 Å². The molecule has 0 saturated carbocycles. The Kier molecular flexibility index (Phi) is 3.22. The molecule has 0 spiro atoms. The minimum absolute atomic E-state index is 0.221. The lowest BCUT2D eigenvalue weighted by molar-refractivity contribution is 0.627. The Morgan fingerprint density at radius 1 is 1.20 bits per heavy atom. The summed E-state index contributed by atoms with van der Waals surface area (Å²) in [7, 11) is 0. The normalized spacial score (nSPS) is 11.2. The Balaban J connectivity index is 2.13. The van der Waals surface area contributed by atoms with Gasteiger partial charge in [0.1, 0.15) is 5.82 Å². The van der Waals surface area contributed by atoms with Crippen molar-refractivity contribution in [1.29, 1.82) is 0 Å². The van der Waals surface area contributed by atoms with E-state index in [2.05, 4.69) is 15.6 Å². The number of benzene rings is 1. The predicted octanol–water partition coefficient (Wildman–Crippen LogP) is 4.33. The summed E-state index contributed by atoms with van der Waals surface area (Å²) in [4.78, 5) is 4.40. The monoisotopic (exact) mass is 288 g/mol. The topological polar surface area (TPSA) is 17.3 Å². The zero-order valence-corrected chi connectivity index (χ0v) is 12.1. The predicted molar refractivity (Wildman–Crippen MR) is 78.9 cm³/mol. The van der Waals surface area contributed by atoms with E-state index in [1.807, 2.05) is 19.9 Å². The summed E-state index contributed by atoms with van der Waals surface area (Å²) in [6, 6.07) is 8.57. The van der Waals surface area contributed by atoms with E-state index in [-0.39, 0.29) is 5.82 Å². The van der Waals surface area contributed by atoms with Gasteiger partial charge in [0.2, 0.25) is 0 Å². The van der Waals surface area contributed by atoms with Crippen LogP contribution in [0.15, 0.2) is 36.5 Å². The molecule has 1 aromatic carbocycles. The fourth-order valence-corrected chi connectivity index (χ4v) is 2.70. The molecule has 4 heteroatoms. The molecule has 0 fully saturated rings. The Bertz CT molecular complexity index is 775. The molecule has 0 aliphatic carbocycles. The molecule has 0 aliphatic heterocycles. The number of nitrogens with zero attached hydrogens (tertiary/aromatic N) is 2. The van der Waals surface area contributed by atoms with E-state index in [9.17, 15) is 4.39 Å². The van der Waals surface area contributed by atoms with E-state index in [0.717, 1.165) is 28.0 Å². The van der Waals surface area contributed by atoms with Gasteiger partial charge in [-0.25, -0.2) is 9.37 Å². The summed E-state index contributed by atoms with van der Waals surface area (Å²) in [5, 5.41) is 0.512. The zero-order valence-electron chi connectivity index (χ0n) is 11.3. The van der Waals surface area contributed by atoms with Crippen molar-refractivity contribution in [3.63, 3.8) is 0 Å². The fraction of sp³-hybridized carbons (Fsp3) is 0.188. The first-order chi connectivity index (χ1) is 9.54. The summed E-state index contributed by atoms with van der Waals surface area (Å²) < 4.78 is 15.1. The number of rotatable bonds is 2. The Labute approximate surface area is 121 Å². The van der Waals surface area contributed by atoms with Crippen LogP contribution in [0, 0.1) is 19.7 Å². The summed E-state index contributed by atoms with van der Waals surface area (Å²) >= 11 is 6.19. The molecule has 3 aromatic rings. The molecule has 0 atom stereocenters. The van der Waals surface area contributed by atoms with Gasteiger partial charge in [0.15, 0.2) is 5.15 Å². The van der Waals surface area contributed by atoms with Crippen LogP contribution in [-0.4, -0.2) is 9.38 Å². The highest BCUT2D eigenvalue weighted by Crippen LogP contribution is 2.23. The summed E-state index contributed by atoms with van der Waals surface area (Å²) in [5.41, 5.74) is 5.06. The highest BCUT2D eigenvalue weighted by Gasteiger charge is 2.11. The molecular weight excluding hydrogens is 275 g/mol. The minimum Gasteiger partial charge on any atom is -0.316 e. The Morgan fingerprint density at radius 3 is 2.60 bits per heavy atom. The summed E-state index contributed by atoms with van der Waals surface area (Å²) in [6.45, 7) is 3.97. The van der Waals surface area contributed by atoms with E-state index >= 15 is 0 Å². The second-order valence-corrected chi connectivity index (χ2v) is 5.37. The lowest BCUT2D eigenvalue weighted by atomic mass is 10.1. The van der Waals surface area contributed by atoms with Gasteiger partial charge in [0.05, 0.1) is 11.2 Å². The molecule has 2 aromatic heterocycles. The first-order valence-electron chi connectivity index (χ1n) is 6.43. The van der Waals surface area contributed by atoms with Crippen LogP contribution < -0.4 is 0 Å². The van der Waals surface area contributed by atoms with Gasteiger partial charge in [-0.3, -0.25) is 0 Å². The van der Waals surface area contributed by atoms with Gasteiger partial charge in [-0.05, 0) is 43.2 Å². The fourth-order valence-electron chi connectivity index (χ4n) is 2.43. The number of aromatic nitrogens is 2. The number of hydrogen-bond donors (Lipinski definition) is 0. The van der Waals surface area contributed by atoms with Gasteiger partial charge in [-0.2, -0.15) is 0 Å². The van der Waals surface area contributed by atoms with Crippen LogP contribution >= 0.6 is 11.6 Å². The van der Waals surface area contributed by atoms with Gasteiger partial charge < -0.3 is 4.40 Å². The van der Waals surface area contributed by atoms with Crippen LogP contribution in [0.5, 0.6) is 0 Å². The summed E-state index contributed by atoms with van der Waals surface area (Å²) in [5.74, 6) is -0.221. The maximum Gasteiger partial charge on any atom is 0.153 e. The minimum atomic E-state index is -0.221. The molecule has 0 bridgehead atoms. The molecule has 0 radical (unpaired) electrons. The van der Waals surface area contributed by atoms with E-state index < -0.39 is 0 Å². The van der Waals surface area contributed by atoms with Gasteiger partial charge in [0.25, 0.3) is 0 Å². The summed E-state index contributed by atoms with van der Waals surface area (Å²) in [6.07, 6.45) is 2.75. The molecule has 0 N–H and O–H groups in total. The molecule has 20 heavy (non-hydrogen) atoms. The Morgan fingerprint density at radius 2 is 1.90 bits per heavy atom. The quantitative estimate of drug-likeness (QED) is 0.686. The molecule has 3 rings (SSSR count). The van der Waals surface area contributed by atoms with Crippen LogP contribution in [-0.2, 0) is 6.42 Å². The van der Waals surface area contributed by atoms with E-state index in [1.54, 1.807) is 12.1 Å². The molecule has 102 valence electrons. The first kappa shape index (κ1) is 13.1. The van der Waals surface area contributed by atoms with Crippen molar-refractivity contribution in [3.8, 4) is 0 Å². The van der Waals surface area contributed by atoms with Crippen molar-refractivity contribution in [2.45, 2.75) is 20.3 Å². The number of fused-ring (bicyclic) bond motifs is 1. The molecule has 0 aliphatic rings. The van der Waals surface area contributed by atoms with Crippen LogP contribution in [0.25, 0.3) is 5.52 Å². The first-order valence-corrected chi connectivity index (χ1v) is 6.80. The average Bonchev–Trinajstić information content (AvgIpc) is 2.79. The number of aryl methyl sites for hydroxylation is 2. The molecular formula is C16H14ClFN2. The largest absolute Gasteiger partial charge is 0.316 e. The van der Waals surface area contributed by atoms with Crippen LogP contribution in [0.2, 0.25) is 5.15 Å². The van der Waals surface area contributed by atoms with Gasteiger partial charge in [-0.1, -0.05) is 23.7 Å². The van der Waals surface area contributed by atoms with Crippen LogP contribution in [0.3, 0.4) is 0 Å². The van der Waals surface area contributed by atoms with Crippen LogP contribution in [0.1, 0.15) is 22.5 Å². The smallest absolute Gasteiger partial charge is 0.153 e. The van der Waals surface area contributed by atoms with Crippen molar-refractivity contribution in [3.05, 3.63) is 70.0 Å². The maximum absolute atomic E-state index is 13.0. The van der Waals surface area contributed by atoms with Gasteiger partial charge >= 0.3 is 0 Å². The van der Waals surface area contributed by atoms with Crippen LogP contribution in [0.4, 0.5) is 4.39 Å². The van der Waals surface area contributed by atoms with Gasteiger partial charge in [0, 0.05) is 18.3 Å². The highest BCUT2D eigenvalue weighted by molar-refractivity contribution is 6.32. The lowest BCUT2D eigenvalue weighted by Crippen LogP contribution is -2.03. The lowest BCUT2D eigenvalue weighted by Gasteiger charge is -2.10. The van der Waals surface area contributed by atoms with Crippen molar-refractivity contribution in [1.82, 2.24) is 9.38 Å². The molecule has 0 amide bonds. The van der Waals surface area contributed by atoms with E-state index in [4.69, 9.17) is 11.6 Å². The molecule has 2 heterocycles. The third kappa shape index (κ3) is 2.29. The van der Waals surface area contributed by atoms with Crippen molar-refractivity contribution >= 4 is 17.1 Å². The standard InChI is InChI=1S/C16H14ClFN2/c1-10-7-15-16(17)19-11(2)14(20(15)9-10)8-12-3-5-13(18)6-4-12/h3-7,9H,8H2,1-2H3. The maximum atomic E-state index is 13.0. The number of halogens is 2. The number of hydrogen-bond acceptors (Lipinski definition) is 1. The molecule has 2 nitrogen and oxygen atoms in total. The SMILES string of the molecule is Cc1cc2c(Cl)nc(C)c(Cc3ccc(F)cc3)n2c1. The third-order valence-corrected chi connectivity index (χ3v) is 3.71. The van der Waals surface area contributed by atoms with E-state index in [1.165, 1.54) is 12.1 Å².